The second kappa shape index (κ2) is 2.88. The van der Waals surface area contributed by atoms with Gasteiger partial charge in [-0.15, -0.1) is 0 Å². The van der Waals surface area contributed by atoms with Gasteiger partial charge >= 0.3 is 0 Å². The summed E-state index contributed by atoms with van der Waals surface area (Å²) in [4.78, 5) is 4.17. The summed E-state index contributed by atoms with van der Waals surface area (Å²) in [5, 5.41) is 3.19. The number of fused-ring (bicyclic) bond motifs is 1. The summed E-state index contributed by atoms with van der Waals surface area (Å²) in [6.07, 6.45) is 1.64. The van der Waals surface area contributed by atoms with E-state index in [0.717, 1.165) is 16.9 Å². The van der Waals surface area contributed by atoms with E-state index in [2.05, 4.69) is 10.1 Å². The number of H-pyrrole nitrogens is 1. The monoisotopic (exact) mass is 198 g/mol. The van der Waals surface area contributed by atoms with E-state index in [0.29, 0.717) is 5.82 Å². The number of nitrogens with one attached hydrogen (secondary N) is 1. The molecule has 2 heterocycles. The molecule has 74 valence electrons. The van der Waals surface area contributed by atoms with Crippen molar-refractivity contribution in [3.8, 4) is 11.3 Å². The zero-order chi connectivity index (χ0) is 10.3. The molecule has 4 heteroatoms. The topological polar surface area (TPSA) is 59.1 Å². The first-order valence-corrected chi connectivity index (χ1v) is 4.72. The molecule has 3 N–H and O–H groups in total. The highest BCUT2D eigenvalue weighted by molar-refractivity contribution is 5.65. The highest BCUT2D eigenvalue weighted by atomic mass is 15.3. The average Bonchev–Trinajstić information content (AvgIpc) is 2.83. The second-order valence-electron chi connectivity index (χ2n) is 3.41. The average molecular weight is 198 g/mol. The SMILES string of the molecule is Nc1cnc2cc(-c3ccccc3)[nH]n12. The minimum atomic E-state index is 0.618. The minimum Gasteiger partial charge on any atom is -0.382 e. The van der Waals surface area contributed by atoms with Gasteiger partial charge in [-0.1, -0.05) is 30.3 Å². The van der Waals surface area contributed by atoms with Crippen molar-refractivity contribution in [1.82, 2.24) is 14.6 Å². The molecular weight excluding hydrogens is 188 g/mol. The van der Waals surface area contributed by atoms with Crippen molar-refractivity contribution in [2.45, 2.75) is 0 Å². The number of anilines is 1. The maximum absolute atomic E-state index is 5.74. The third-order valence-electron chi connectivity index (χ3n) is 2.41. The van der Waals surface area contributed by atoms with Crippen molar-refractivity contribution in [3.05, 3.63) is 42.6 Å². The molecule has 0 spiro atoms. The second-order valence-corrected chi connectivity index (χ2v) is 3.41. The van der Waals surface area contributed by atoms with Gasteiger partial charge in [0.25, 0.3) is 0 Å². The zero-order valence-corrected chi connectivity index (χ0v) is 8.01. The van der Waals surface area contributed by atoms with Gasteiger partial charge in [-0.2, -0.15) is 0 Å². The molecule has 3 aromatic rings. The number of rotatable bonds is 1. The molecule has 0 unspecified atom stereocenters. The van der Waals surface area contributed by atoms with Crippen LogP contribution in [0.4, 0.5) is 5.82 Å². The lowest BCUT2D eigenvalue weighted by atomic mass is 10.2. The highest BCUT2D eigenvalue weighted by Gasteiger charge is 2.05. The summed E-state index contributed by atoms with van der Waals surface area (Å²) < 4.78 is 1.77. The van der Waals surface area contributed by atoms with E-state index in [-0.39, 0.29) is 0 Å². The summed E-state index contributed by atoms with van der Waals surface area (Å²) in [6.45, 7) is 0. The Morgan fingerprint density at radius 1 is 1.20 bits per heavy atom. The zero-order valence-electron chi connectivity index (χ0n) is 8.01. The van der Waals surface area contributed by atoms with Gasteiger partial charge in [0.2, 0.25) is 0 Å². The van der Waals surface area contributed by atoms with Crippen LogP contribution in [-0.2, 0) is 0 Å². The molecule has 0 aliphatic carbocycles. The van der Waals surface area contributed by atoms with E-state index < -0.39 is 0 Å². The van der Waals surface area contributed by atoms with Gasteiger partial charge in [0.05, 0.1) is 11.9 Å². The van der Waals surface area contributed by atoms with E-state index in [1.165, 1.54) is 0 Å². The van der Waals surface area contributed by atoms with Crippen LogP contribution in [0.1, 0.15) is 0 Å². The number of nitrogens with two attached hydrogens (primary N) is 1. The van der Waals surface area contributed by atoms with Crippen molar-refractivity contribution in [2.75, 3.05) is 5.73 Å². The van der Waals surface area contributed by atoms with Crippen LogP contribution in [0.2, 0.25) is 0 Å². The summed E-state index contributed by atoms with van der Waals surface area (Å²) in [6, 6.07) is 12.1. The van der Waals surface area contributed by atoms with E-state index in [1.54, 1.807) is 10.7 Å². The molecule has 2 aromatic heterocycles. The molecule has 0 saturated heterocycles. The number of aromatic amines is 1. The number of nitrogen functional groups attached to an aromatic ring is 1. The largest absolute Gasteiger partial charge is 0.382 e. The molecule has 3 rings (SSSR count). The van der Waals surface area contributed by atoms with Gasteiger partial charge in [-0.05, 0) is 5.56 Å². The van der Waals surface area contributed by atoms with Crippen LogP contribution < -0.4 is 5.73 Å². The first-order chi connectivity index (χ1) is 7.34. The van der Waals surface area contributed by atoms with Gasteiger partial charge in [0.15, 0.2) is 5.65 Å². The highest BCUT2D eigenvalue weighted by Crippen LogP contribution is 2.19. The Balaban J connectivity index is 2.20. The fraction of sp³-hybridized carbons (Fsp3) is 0. The van der Waals surface area contributed by atoms with Crippen LogP contribution in [0.5, 0.6) is 0 Å². The first-order valence-electron chi connectivity index (χ1n) is 4.72. The van der Waals surface area contributed by atoms with Gasteiger partial charge in [-0.3, -0.25) is 5.10 Å². The molecule has 0 amide bonds. The number of benzene rings is 1. The lowest BCUT2D eigenvalue weighted by Gasteiger charge is -1.95. The molecule has 0 fully saturated rings. The van der Waals surface area contributed by atoms with Crippen molar-refractivity contribution < 1.29 is 0 Å². The Morgan fingerprint density at radius 2 is 2.00 bits per heavy atom. The van der Waals surface area contributed by atoms with Gasteiger partial charge in [0, 0.05) is 6.07 Å². The lowest BCUT2D eigenvalue weighted by molar-refractivity contribution is 0.989. The molecule has 0 aliphatic heterocycles. The fourth-order valence-electron chi connectivity index (χ4n) is 1.65. The van der Waals surface area contributed by atoms with Gasteiger partial charge in [-0.25, -0.2) is 9.50 Å². The normalized spacial score (nSPS) is 10.9. The van der Waals surface area contributed by atoms with Crippen LogP contribution in [0.3, 0.4) is 0 Å². The fourth-order valence-corrected chi connectivity index (χ4v) is 1.65. The van der Waals surface area contributed by atoms with E-state index in [4.69, 9.17) is 5.73 Å². The smallest absolute Gasteiger partial charge is 0.155 e. The molecule has 0 atom stereocenters. The number of hydrogen-bond acceptors (Lipinski definition) is 2. The Labute approximate surface area is 86.3 Å². The van der Waals surface area contributed by atoms with Crippen LogP contribution in [0, 0.1) is 0 Å². The Bertz CT molecular complexity index is 591. The molecule has 1 aromatic carbocycles. The predicted molar refractivity (Wildman–Crippen MR) is 59.4 cm³/mol. The maximum Gasteiger partial charge on any atom is 0.155 e. The van der Waals surface area contributed by atoms with Crippen LogP contribution >= 0.6 is 0 Å². The summed E-state index contributed by atoms with van der Waals surface area (Å²) in [5.41, 5.74) is 8.72. The molecule has 0 saturated carbocycles. The predicted octanol–water partition coefficient (Wildman–Crippen LogP) is 1.91. The molecule has 0 bridgehead atoms. The van der Waals surface area contributed by atoms with Crippen molar-refractivity contribution >= 4 is 11.5 Å². The van der Waals surface area contributed by atoms with Gasteiger partial charge < -0.3 is 5.73 Å². The summed E-state index contributed by atoms with van der Waals surface area (Å²) >= 11 is 0. The molecular formula is C11H10N4. The van der Waals surface area contributed by atoms with Crippen LogP contribution in [0.25, 0.3) is 16.9 Å². The van der Waals surface area contributed by atoms with Crippen molar-refractivity contribution in [2.24, 2.45) is 0 Å². The van der Waals surface area contributed by atoms with Crippen molar-refractivity contribution in [1.29, 1.82) is 0 Å². The minimum absolute atomic E-state index is 0.618. The summed E-state index contributed by atoms with van der Waals surface area (Å²) in [7, 11) is 0. The number of imidazole rings is 1. The third-order valence-corrected chi connectivity index (χ3v) is 2.41. The number of nitrogens with zero attached hydrogens (tertiary/aromatic N) is 2. The summed E-state index contributed by atoms with van der Waals surface area (Å²) in [5.74, 6) is 0.618. The van der Waals surface area contributed by atoms with Crippen LogP contribution in [0.15, 0.2) is 42.6 Å². The third kappa shape index (κ3) is 1.19. The molecule has 15 heavy (non-hydrogen) atoms. The van der Waals surface area contributed by atoms with E-state index in [9.17, 15) is 0 Å². The van der Waals surface area contributed by atoms with Gasteiger partial charge in [0.1, 0.15) is 5.82 Å². The molecule has 0 aliphatic rings. The van der Waals surface area contributed by atoms with Crippen molar-refractivity contribution in [3.63, 3.8) is 0 Å². The molecule has 4 nitrogen and oxygen atoms in total. The Hall–Kier alpha value is -2.23. The van der Waals surface area contributed by atoms with Crippen LogP contribution in [-0.4, -0.2) is 14.6 Å². The maximum atomic E-state index is 5.74. The van der Waals surface area contributed by atoms with E-state index in [1.807, 2.05) is 36.4 Å². The van der Waals surface area contributed by atoms with E-state index >= 15 is 0 Å². The lowest BCUT2D eigenvalue weighted by Crippen LogP contribution is -1.92. The Kier molecular flexibility index (Phi) is 1.56. The first kappa shape index (κ1) is 8.11. The number of hydrogen-bond donors (Lipinski definition) is 2. The number of aromatic nitrogens is 3. The molecule has 0 radical (unpaired) electrons. The quantitative estimate of drug-likeness (QED) is 0.627. The Morgan fingerprint density at radius 3 is 2.73 bits per heavy atom. The standard InChI is InChI=1S/C11H10N4/c12-10-7-13-11-6-9(14-15(10)11)8-4-2-1-3-5-8/h1-7,14H,12H2.